The minimum absolute atomic E-state index is 0.243. The Labute approximate surface area is 144 Å². The van der Waals surface area contributed by atoms with E-state index in [4.69, 9.17) is 4.74 Å². The third-order valence-electron chi connectivity index (χ3n) is 3.90. The maximum Gasteiger partial charge on any atom is 0.410 e. The third kappa shape index (κ3) is 13.4. The Morgan fingerprint density at radius 3 is 2.00 bits per heavy atom. The molecule has 0 aromatic rings. The highest BCUT2D eigenvalue weighted by molar-refractivity contribution is 5.67. The standard InChI is InChI=1S/C19H40N2O2/c1-7-9-11-13-17(14-12-10-8-2)20-15-16-21(6)18(22)23-19(3,4)5/h17,20H,7-16H2,1-6H3. The van der Waals surface area contributed by atoms with E-state index in [0.717, 1.165) is 6.54 Å². The van der Waals surface area contributed by atoms with E-state index in [1.165, 1.54) is 51.4 Å². The number of hydrogen-bond donors (Lipinski definition) is 1. The number of hydrogen-bond acceptors (Lipinski definition) is 3. The van der Waals surface area contributed by atoms with E-state index in [9.17, 15) is 4.79 Å². The van der Waals surface area contributed by atoms with Crippen LogP contribution in [0, 0.1) is 0 Å². The molecule has 0 aromatic carbocycles. The van der Waals surface area contributed by atoms with Gasteiger partial charge in [-0.25, -0.2) is 4.79 Å². The van der Waals surface area contributed by atoms with Crippen LogP contribution in [0.2, 0.25) is 0 Å². The molecule has 0 aliphatic rings. The molecule has 0 saturated carbocycles. The summed E-state index contributed by atoms with van der Waals surface area (Å²) in [5, 5.41) is 3.64. The molecule has 4 nitrogen and oxygen atoms in total. The van der Waals surface area contributed by atoms with Crippen LogP contribution >= 0.6 is 0 Å². The van der Waals surface area contributed by atoms with E-state index < -0.39 is 5.60 Å². The molecule has 0 aliphatic carbocycles. The molecule has 1 N–H and O–H groups in total. The van der Waals surface area contributed by atoms with Crippen molar-refractivity contribution in [3.8, 4) is 0 Å². The SMILES string of the molecule is CCCCCC(CCCCC)NCCN(C)C(=O)OC(C)(C)C. The summed E-state index contributed by atoms with van der Waals surface area (Å²) in [6.07, 6.45) is 9.98. The maximum atomic E-state index is 11.9. The Morgan fingerprint density at radius 1 is 1.04 bits per heavy atom. The second-order valence-corrected chi connectivity index (χ2v) is 7.54. The van der Waals surface area contributed by atoms with Crippen molar-refractivity contribution in [2.45, 2.75) is 97.6 Å². The van der Waals surface area contributed by atoms with Crippen LogP contribution in [-0.2, 0) is 4.74 Å². The number of carbonyl (C=O) groups is 1. The minimum Gasteiger partial charge on any atom is -0.444 e. The summed E-state index contributed by atoms with van der Waals surface area (Å²) >= 11 is 0. The van der Waals surface area contributed by atoms with Crippen LogP contribution in [0.3, 0.4) is 0 Å². The Bertz CT molecular complexity index is 290. The van der Waals surface area contributed by atoms with Crippen LogP contribution in [0.5, 0.6) is 0 Å². The van der Waals surface area contributed by atoms with Crippen molar-refractivity contribution in [2.24, 2.45) is 0 Å². The highest BCUT2D eigenvalue weighted by atomic mass is 16.6. The Kier molecular flexibility index (Phi) is 12.2. The van der Waals surface area contributed by atoms with Crippen LogP contribution in [0.1, 0.15) is 86.0 Å². The van der Waals surface area contributed by atoms with E-state index in [1.54, 1.807) is 11.9 Å². The molecular formula is C19H40N2O2. The van der Waals surface area contributed by atoms with Crippen LogP contribution in [0.25, 0.3) is 0 Å². The summed E-state index contributed by atoms with van der Waals surface area (Å²) in [6, 6.07) is 0.583. The molecule has 0 radical (unpaired) electrons. The first-order valence-electron chi connectivity index (χ1n) is 9.47. The zero-order valence-corrected chi connectivity index (χ0v) is 16.4. The summed E-state index contributed by atoms with van der Waals surface area (Å²) in [5.74, 6) is 0. The van der Waals surface area contributed by atoms with Gasteiger partial charge in [-0.3, -0.25) is 0 Å². The number of ether oxygens (including phenoxy) is 1. The van der Waals surface area contributed by atoms with Gasteiger partial charge in [-0.2, -0.15) is 0 Å². The molecule has 0 aromatic heterocycles. The number of rotatable bonds is 12. The summed E-state index contributed by atoms with van der Waals surface area (Å²) in [6.45, 7) is 11.7. The lowest BCUT2D eigenvalue weighted by Crippen LogP contribution is -2.40. The molecule has 0 heterocycles. The first kappa shape index (κ1) is 22.2. The van der Waals surface area contributed by atoms with Crippen molar-refractivity contribution in [1.29, 1.82) is 0 Å². The van der Waals surface area contributed by atoms with Gasteiger partial charge in [-0.05, 0) is 33.6 Å². The van der Waals surface area contributed by atoms with Crippen molar-refractivity contribution in [2.75, 3.05) is 20.1 Å². The summed E-state index contributed by atoms with van der Waals surface area (Å²) in [4.78, 5) is 13.6. The van der Waals surface area contributed by atoms with Gasteiger partial charge < -0.3 is 15.0 Å². The molecule has 0 saturated heterocycles. The number of nitrogens with zero attached hydrogens (tertiary/aromatic N) is 1. The van der Waals surface area contributed by atoms with E-state index in [-0.39, 0.29) is 6.09 Å². The average molecular weight is 329 g/mol. The van der Waals surface area contributed by atoms with Crippen molar-refractivity contribution in [3.05, 3.63) is 0 Å². The summed E-state index contributed by atoms with van der Waals surface area (Å²) < 4.78 is 5.38. The minimum atomic E-state index is -0.429. The summed E-state index contributed by atoms with van der Waals surface area (Å²) in [7, 11) is 1.80. The number of amides is 1. The molecule has 1 amide bonds. The fourth-order valence-corrected chi connectivity index (χ4v) is 2.50. The van der Waals surface area contributed by atoms with Gasteiger partial charge in [-0.1, -0.05) is 52.4 Å². The molecule has 0 rings (SSSR count). The van der Waals surface area contributed by atoms with Gasteiger partial charge in [0.1, 0.15) is 5.60 Å². The van der Waals surface area contributed by atoms with Crippen LogP contribution < -0.4 is 5.32 Å². The van der Waals surface area contributed by atoms with Crippen LogP contribution in [0.15, 0.2) is 0 Å². The highest BCUT2D eigenvalue weighted by Crippen LogP contribution is 2.11. The average Bonchev–Trinajstić information content (AvgIpc) is 2.45. The van der Waals surface area contributed by atoms with Crippen LogP contribution in [0.4, 0.5) is 4.79 Å². The second-order valence-electron chi connectivity index (χ2n) is 7.54. The first-order chi connectivity index (χ1) is 10.8. The number of carbonyl (C=O) groups excluding carboxylic acids is 1. The molecular weight excluding hydrogens is 288 g/mol. The fraction of sp³-hybridized carbons (Fsp3) is 0.947. The highest BCUT2D eigenvalue weighted by Gasteiger charge is 2.19. The topological polar surface area (TPSA) is 41.6 Å². The first-order valence-corrected chi connectivity index (χ1v) is 9.47. The van der Waals surface area contributed by atoms with E-state index >= 15 is 0 Å². The Morgan fingerprint density at radius 2 is 1.57 bits per heavy atom. The molecule has 23 heavy (non-hydrogen) atoms. The van der Waals surface area contributed by atoms with Gasteiger partial charge >= 0.3 is 6.09 Å². The lowest BCUT2D eigenvalue weighted by Gasteiger charge is -2.25. The van der Waals surface area contributed by atoms with Gasteiger partial charge in [0.15, 0.2) is 0 Å². The molecule has 0 atom stereocenters. The third-order valence-corrected chi connectivity index (χ3v) is 3.90. The largest absolute Gasteiger partial charge is 0.444 e. The predicted molar refractivity (Wildman–Crippen MR) is 98.9 cm³/mol. The molecule has 0 bridgehead atoms. The fourth-order valence-electron chi connectivity index (χ4n) is 2.50. The second kappa shape index (κ2) is 12.6. The zero-order chi connectivity index (χ0) is 17.7. The smallest absolute Gasteiger partial charge is 0.410 e. The predicted octanol–water partition coefficient (Wildman–Crippen LogP) is 4.97. The summed E-state index contributed by atoms with van der Waals surface area (Å²) in [5.41, 5.74) is -0.429. The lowest BCUT2D eigenvalue weighted by molar-refractivity contribution is 0.0299. The molecule has 138 valence electrons. The molecule has 4 heteroatoms. The Hall–Kier alpha value is -0.770. The van der Waals surface area contributed by atoms with E-state index in [2.05, 4.69) is 19.2 Å². The quantitative estimate of drug-likeness (QED) is 0.514. The maximum absolute atomic E-state index is 11.9. The Balaban J connectivity index is 4.09. The molecule has 0 unspecified atom stereocenters. The number of likely N-dealkylation sites (N-methyl/N-ethyl adjacent to an activating group) is 1. The van der Waals surface area contributed by atoms with Gasteiger partial charge in [0.05, 0.1) is 0 Å². The number of nitrogens with one attached hydrogen (secondary N) is 1. The van der Waals surface area contributed by atoms with E-state index in [0.29, 0.717) is 12.6 Å². The van der Waals surface area contributed by atoms with Gasteiger partial charge in [0.25, 0.3) is 0 Å². The van der Waals surface area contributed by atoms with Crippen molar-refractivity contribution >= 4 is 6.09 Å². The monoisotopic (exact) mass is 328 g/mol. The van der Waals surface area contributed by atoms with Crippen LogP contribution in [-0.4, -0.2) is 42.8 Å². The van der Waals surface area contributed by atoms with Crippen molar-refractivity contribution in [3.63, 3.8) is 0 Å². The number of unbranched alkanes of at least 4 members (excludes halogenated alkanes) is 4. The van der Waals surface area contributed by atoms with Crippen molar-refractivity contribution < 1.29 is 9.53 Å². The lowest BCUT2D eigenvalue weighted by atomic mass is 10.0. The van der Waals surface area contributed by atoms with Gasteiger partial charge in [0.2, 0.25) is 0 Å². The molecule has 0 fully saturated rings. The van der Waals surface area contributed by atoms with Gasteiger partial charge in [0, 0.05) is 26.2 Å². The van der Waals surface area contributed by atoms with Gasteiger partial charge in [-0.15, -0.1) is 0 Å². The van der Waals surface area contributed by atoms with Crippen molar-refractivity contribution in [1.82, 2.24) is 10.2 Å². The normalized spacial score (nSPS) is 11.8. The van der Waals surface area contributed by atoms with E-state index in [1.807, 2.05) is 20.8 Å². The molecule has 0 aliphatic heterocycles. The zero-order valence-electron chi connectivity index (χ0n) is 16.4. The molecule has 0 spiro atoms.